The van der Waals surface area contributed by atoms with Gasteiger partial charge in [-0.3, -0.25) is 4.79 Å². The summed E-state index contributed by atoms with van der Waals surface area (Å²) >= 11 is 0. The highest BCUT2D eigenvalue weighted by Crippen LogP contribution is 2.43. The van der Waals surface area contributed by atoms with Crippen LogP contribution in [0.5, 0.6) is 0 Å². The molecule has 2 aromatic rings. The van der Waals surface area contributed by atoms with E-state index < -0.39 is 12.3 Å². The van der Waals surface area contributed by atoms with Gasteiger partial charge in [-0.2, -0.15) is 0 Å². The van der Waals surface area contributed by atoms with Crippen molar-refractivity contribution in [3.63, 3.8) is 0 Å². The van der Waals surface area contributed by atoms with E-state index in [1.54, 1.807) is 0 Å². The standard InChI is InChI=1S/C51H80F2N4O/c1-3-5-7-9-50-54-33-45(34-55-50)41-21-15-39(16-22-41)31-48(52)43-25-11-37(12-26-43)19-29-47(58)30-20-38-13-27-44(28-14-38)49(53)32-40-17-23-42(24-18-40)46-35-56-51(57-36-46)10-8-6-4-2/h33-44,48-49H,3-32H2,1-2H3/t37-,38?,39-,40-,41-,42-,43-,44?,48?,49?. The van der Waals surface area contributed by atoms with Gasteiger partial charge in [-0.1, -0.05) is 65.2 Å². The fraction of sp³-hybridized carbons (Fsp3) is 0.824. The van der Waals surface area contributed by atoms with Crippen LogP contribution in [0.4, 0.5) is 8.78 Å². The van der Waals surface area contributed by atoms with Gasteiger partial charge >= 0.3 is 0 Å². The maximum Gasteiger partial charge on any atom is 0.132 e. The van der Waals surface area contributed by atoms with Gasteiger partial charge in [0.2, 0.25) is 0 Å². The average molecular weight is 803 g/mol. The maximum absolute atomic E-state index is 15.6. The van der Waals surface area contributed by atoms with Crippen molar-refractivity contribution in [3.8, 4) is 0 Å². The number of hydrogen-bond donors (Lipinski definition) is 0. The summed E-state index contributed by atoms with van der Waals surface area (Å²) in [5.74, 6) is 5.98. The Bertz CT molecular complexity index is 1310. The quantitative estimate of drug-likeness (QED) is 0.111. The molecule has 5 nitrogen and oxygen atoms in total. The summed E-state index contributed by atoms with van der Waals surface area (Å²) in [6, 6.07) is 0. The Morgan fingerprint density at radius 2 is 0.862 bits per heavy atom. The molecule has 6 rings (SSSR count). The number of aryl methyl sites for hydroxylation is 2. The summed E-state index contributed by atoms with van der Waals surface area (Å²) < 4.78 is 31.1. The van der Waals surface area contributed by atoms with Crippen molar-refractivity contribution in [1.82, 2.24) is 19.9 Å². The Labute approximate surface area is 352 Å². The number of halogens is 2. The third-order valence-corrected chi connectivity index (χ3v) is 15.7. The maximum atomic E-state index is 15.6. The number of hydrogen-bond acceptors (Lipinski definition) is 5. The van der Waals surface area contributed by atoms with E-state index in [9.17, 15) is 4.79 Å². The van der Waals surface area contributed by atoms with Crippen LogP contribution in [0.25, 0.3) is 0 Å². The number of aromatic nitrogens is 4. The van der Waals surface area contributed by atoms with Crippen LogP contribution in [-0.2, 0) is 17.6 Å². The lowest BCUT2D eigenvalue weighted by atomic mass is 9.73. The van der Waals surface area contributed by atoms with Crippen LogP contribution in [-0.4, -0.2) is 38.1 Å². The second kappa shape index (κ2) is 24.2. The number of nitrogens with zero attached hydrogens (tertiary/aromatic N) is 4. The Morgan fingerprint density at radius 1 is 0.517 bits per heavy atom. The summed E-state index contributed by atoms with van der Waals surface area (Å²) in [4.78, 5) is 31.5. The highest BCUT2D eigenvalue weighted by Gasteiger charge is 2.33. The van der Waals surface area contributed by atoms with E-state index in [-0.39, 0.29) is 11.8 Å². The van der Waals surface area contributed by atoms with Gasteiger partial charge in [-0.25, -0.2) is 28.7 Å². The summed E-state index contributed by atoms with van der Waals surface area (Å²) in [6.45, 7) is 4.44. The molecule has 4 fully saturated rings. The van der Waals surface area contributed by atoms with Crippen molar-refractivity contribution >= 4 is 5.78 Å². The van der Waals surface area contributed by atoms with Crippen molar-refractivity contribution in [1.29, 1.82) is 0 Å². The Hall–Kier alpha value is -2.31. The van der Waals surface area contributed by atoms with Crippen molar-refractivity contribution in [2.75, 3.05) is 0 Å². The van der Waals surface area contributed by atoms with Crippen molar-refractivity contribution in [3.05, 3.63) is 47.6 Å². The van der Waals surface area contributed by atoms with Crippen LogP contribution in [0, 0.1) is 35.5 Å². The predicted octanol–water partition coefficient (Wildman–Crippen LogP) is 14.2. The molecular formula is C51H80F2N4O. The number of unbranched alkanes of at least 4 members (excludes halogenated alkanes) is 4. The zero-order chi connectivity index (χ0) is 40.5. The minimum atomic E-state index is -0.678. The first-order chi connectivity index (χ1) is 28.4. The molecule has 0 amide bonds. The molecule has 0 saturated heterocycles. The Morgan fingerprint density at radius 3 is 1.21 bits per heavy atom. The third kappa shape index (κ3) is 14.4. The van der Waals surface area contributed by atoms with Gasteiger partial charge < -0.3 is 0 Å². The van der Waals surface area contributed by atoms with E-state index >= 15 is 8.78 Å². The molecule has 0 bridgehead atoms. The topological polar surface area (TPSA) is 68.6 Å². The van der Waals surface area contributed by atoms with E-state index in [4.69, 9.17) is 0 Å². The molecule has 0 spiro atoms. The van der Waals surface area contributed by atoms with Gasteiger partial charge in [0.15, 0.2) is 0 Å². The molecule has 58 heavy (non-hydrogen) atoms. The van der Waals surface area contributed by atoms with Gasteiger partial charge in [-0.05, 0) is 174 Å². The van der Waals surface area contributed by atoms with E-state index in [2.05, 4.69) is 58.6 Å². The fourth-order valence-electron chi connectivity index (χ4n) is 11.5. The third-order valence-electron chi connectivity index (χ3n) is 15.7. The molecule has 2 heterocycles. The molecule has 7 heteroatoms. The summed E-state index contributed by atoms with van der Waals surface area (Å²) in [5, 5.41) is 0. The summed E-state index contributed by atoms with van der Waals surface area (Å²) in [6.07, 6.45) is 38.1. The highest BCUT2D eigenvalue weighted by molar-refractivity contribution is 5.78. The van der Waals surface area contributed by atoms with Crippen LogP contribution >= 0.6 is 0 Å². The first-order valence-electron chi connectivity index (χ1n) is 24.8. The molecule has 4 aliphatic rings. The van der Waals surface area contributed by atoms with Gasteiger partial charge in [0.1, 0.15) is 29.8 Å². The second-order valence-corrected chi connectivity index (χ2v) is 19.9. The van der Waals surface area contributed by atoms with Crippen molar-refractivity contribution in [2.45, 2.75) is 231 Å². The first-order valence-corrected chi connectivity index (χ1v) is 24.8. The molecule has 2 atom stereocenters. The molecule has 0 radical (unpaired) electrons. The van der Waals surface area contributed by atoms with Crippen molar-refractivity contribution in [2.24, 2.45) is 35.5 Å². The molecular weight excluding hydrogens is 723 g/mol. The number of carbonyl (C=O) groups is 1. The van der Waals surface area contributed by atoms with Crippen LogP contribution in [0.2, 0.25) is 0 Å². The van der Waals surface area contributed by atoms with Crippen LogP contribution < -0.4 is 0 Å². The van der Waals surface area contributed by atoms with E-state index in [1.807, 2.05) is 0 Å². The van der Waals surface area contributed by atoms with Gasteiger partial charge in [-0.15, -0.1) is 0 Å². The smallest absolute Gasteiger partial charge is 0.132 e. The number of alkyl halides is 2. The Balaban J connectivity index is 0.776. The van der Waals surface area contributed by atoms with Crippen LogP contribution in [0.1, 0.15) is 228 Å². The van der Waals surface area contributed by atoms with Gasteiger partial charge in [0.05, 0.1) is 0 Å². The van der Waals surface area contributed by atoms with Crippen LogP contribution in [0.3, 0.4) is 0 Å². The minimum absolute atomic E-state index is 0.205. The first kappa shape index (κ1) is 45.2. The molecule has 2 aromatic heterocycles. The summed E-state index contributed by atoms with van der Waals surface area (Å²) in [7, 11) is 0. The molecule has 4 saturated carbocycles. The monoisotopic (exact) mass is 803 g/mol. The molecule has 4 aliphatic carbocycles. The normalized spacial score (nSPS) is 29.2. The van der Waals surface area contributed by atoms with Gasteiger partial charge in [0.25, 0.3) is 0 Å². The van der Waals surface area contributed by atoms with E-state index in [0.29, 0.717) is 54.1 Å². The van der Waals surface area contributed by atoms with Crippen molar-refractivity contribution < 1.29 is 13.6 Å². The number of rotatable bonds is 22. The SMILES string of the molecule is CCCCCc1ncc([C@H]2CC[C@H](CC(F)C3CCC(CCC(=O)CC[C@H]4CC[C@H](C(F)C[C@H]5CC[C@H](c6cnc(CCCCC)nc6)CC5)CC4)CC3)CC2)cn1. The molecule has 0 aliphatic heterocycles. The lowest BCUT2D eigenvalue weighted by Gasteiger charge is -2.34. The molecule has 0 N–H and O–H groups in total. The zero-order valence-corrected chi connectivity index (χ0v) is 36.7. The zero-order valence-electron chi connectivity index (χ0n) is 36.7. The fourth-order valence-corrected chi connectivity index (χ4v) is 11.5. The Kier molecular flexibility index (Phi) is 18.9. The largest absolute Gasteiger partial charge is 0.300 e. The number of Topliss-reactive ketones (excluding diaryl/α,β-unsaturated/α-hetero) is 1. The highest BCUT2D eigenvalue weighted by atomic mass is 19.1. The van der Waals surface area contributed by atoms with E-state index in [1.165, 1.54) is 36.8 Å². The molecule has 0 aromatic carbocycles. The number of ketones is 1. The summed E-state index contributed by atoms with van der Waals surface area (Å²) in [5.41, 5.74) is 2.54. The van der Waals surface area contributed by atoms with E-state index in [0.717, 1.165) is 166 Å². The predicted molar refractivity (Wildman–Crippen MR) is 233 cm³/mol. The molecule has 2 unspecified atom stereocenters. The second-order valence-electron chi connectivity index (χ2n) is 19.9. The average Bonchev–Trinajstić information content (AvgIpc) is 3.26. The van der Waals surface area contributed by atoms with Gasteiger partial charge in [0, 0.05) is 50.5 Å². The number of carbonyl (C=O) groups excluding carboxylic acids is 1. The lowest BCUT2D eigenvalue weighted by molar-refractivity contribution is -0.119. The van der Waals surface area contributed by atoms with Crippen LogP contribution in [0.15, 0.2) is 24.8 Å². The lowest BCUT2D eigenvalue weighted by Crippen LogP contribution is -2.27. The molecule has 324 valence electrons. The minimum Gasteiger partial charge on any atom is -0.300 e.